The predicted octanol–water partition coefficient (Wildman–Crippen LogP) is 8.96. The van der Waals surface area contributed by atoms with Crippen LogP contribution in [-0.4, -0.2) is 84.0 Å². The fourth-order valence-electron chi connectivity index (χ4n) is 7.24. The molecule has 0 saturated carbocycles. The minimum Gasteiger partial charge on any atom is -0.465 e. The van der Waals surface area contributed by atoms with E-state index >= 15 is 0 Å². The fraction of sp³-hybridized carbons (Fsp3) is 0.391. The van der Waals surface area contributed by atoms with E-state index in [9.17, 15) is 24.3 Å². The van der Waals surface area contributed by atoms with Crippen LogP contribution < -0.4 is 15.5 Å². The number of hydrogen-bond acceptors (Lipinski definition) is 5. The van der Waals surface area contributed by atoms with Crippen molar-refractivity contribution in [3.63, 3.8) is 0 Å². The van der Waals surface area contributed by atoms with E-state index in [0.29, 0.717) is 29.8 Å². The van der Waals surface area contributed by atoms with Gasteiger partial charge >= 0.3 is 12.1 Å². The number of rotatable bonds is 15. The summed E-state index contributed by atoms with van der Waals surface area (Å²) in [7, 11) is 1.77. The predicted molar refractivity (Wildman–Crippen MR) is 224 cm³/mol. The molecule has 296 valence electrons. The normalized spacial score (nSPS) is 14.8. The molecule has 1 saturated heterocycles. The standard InChI is InChI=1S/C46H57N5O5/c1-6-7-8-9-15-27-47-44(54)49(5)37-20-16-19-36(31-37)34-25-23-33(24-26-34)30-40(43(53)50-28-29-51(45(55)56)41(32-50)46(2,3)4)48-39-22-14-13-21-38(39)42(52)35-17-11-10-12-18-35/h10-14,16-26,31,40-41,48H,6-9,15,27-30,32H2,1-5H3,(H,47,54)(H,55,56)/t40?,41-/m1/s1. The van der Waals surface area contributed by atoms with Crippen LogP contribution in [0.4, 0.5) is 21.0 Å². The molecule has 1 aliphatic rings. The number of benzene rings is 4. The van der Waals surface area contributed by atoms with E-state index in [1.54, 1.807) is 35.0 Å². The molecule has 4 aromatic rings. The number of amides is 4. The third-order valence-electron chi connectivity index (χ3n) is 10.6. The van der Waals surface area contributed by atoms with Gasteiger partial charge in [0.15, 0.2) is 5.78 Å². The Kier molecular flexibility index (Phi) is 14.3. The number of nitrogens with one attached hydrogen (secondary N) is 2. The van der Waals surface area contributed by atoms with E-state index in [4.69, 9.17) is 0 Å². The van der Waals surface area contributed by atoms with Crippen LogP contribution in [0.5, 0.6) is 0 Å². The van der Waals surface area contributed by atoms with Gasteiger partial charge in [0.25, 0.3) is 0 Å². The van der Waals surface area contributed by atoms with Gasteiger partial charge in [0, 0.05) is 62.1 Å². The number of carbonyl (C=O) groups excluding carboxylic acids is 3. The third kappa shape index (κ3) is 10.8. The summed E-state index contributed by atoms with van der Waals surface area (Å²) in [6, 6.07) is 30.9. The number of urea groups is 1. The number of unbranched alkanes of at least 4 members (excludes halogenated alkanes) is 4. The topological polar surface area (TPSA) is 122 Å². The lowest BCUT2D eigenvalue weighted by molar-refractivity contribution is -0.135. The van der Waals surface area contributed by atoms with Crippen LogP contribution >= 0.6 is 0 Å². The Morgan fingerprint density at radius 3 is 2.21 bits per heavy atom. The number of anilines is 2. The summed E-state index contributed by atoms with van der Waals surface area (Å²) in [6.07, 6.45) is 5.00. The van der Waals surface area contributed by atoms with Gasteiger partial charge in [-0.3, -0.25) is 14.5 Å². The van der Waals surface area contributed by atoms with Crippen LogP contribution in [0.2, 0.25) is 0 Å². The molecule has 0 bridgehead atoms. The summed E-state index contributed by atoms with van der Waals surface area (Å²) in [5.74, 6) is -0.315. The molecular weight excluding hydrogens is 703 g/mol. The van der Waals surface area contributed by atoms with E-state index in [-0.39, 0.29) is 43.4 Å². The number of para-hydroxylation sites is 1. The second kappa shape index (κ2) is 19.3. The average Bonchev–Trinajstić information content (AvgIpc) is 3.21. The van der Waals surface area contributed by atoms with Gasteiger partial charge in [-0.05, 0) is 52.8 Å². The van der Waals surface area contributed by atoms with E-state index < -0.39 is 17.6 Å². The SMILES string of the molecule is CCCCCCCNC(=O)N(C)c1cccc(-c2ccc(CC(Nc3ccccc3C(=O)c3ccccc3)C(=O)N3CCN(C(=O)O)[C@@H](C(C)(C)C)C3)cc2)c1. The van der Waals surface area contributed by atoms with Crippen LogP contribution in [0.25, 0.3) is 11.1 Å². The summed E-state index contributed by atoms with van der Waals surface area (Å²) < 4.78 is 0. The van der Waals surface area contributed by atoms with Gasteiger partial charge in [0.1, 0.15) is 6.04 Å². The molecule has 0 spiro atoms. The Balaban J connectivity index is 1.37. The van der Waals surface area contributed by atoms with Gasteiger partial charge in [-0.25, -0.2) is 9.59 Å². The van der Waals surface area contributed by atoms with Crippen molar-refractivity contribution in [1.29, 1.82) is 0 Å². The average molecular weight is 760 g/mol. The van der Waals surface area contributed by atoms with Crippen LogP contribution in [0.1, 0.15) is 81.3 Å². The summed E-state index contributed by atoms with van der Waals surface area (Å²) in [5, 5.41) is 16.4. The van der Waals surface area contributed by atoms with Crippen molar-refractivity contribution in [1.82, 2.24) is 15.1 Å². The van der Waals surface area contributed by atoms with Crippen molar-refractivity contribution in [2.45, 2.75) is 78.3 Å². The zero-order valence-corrected chi connectivity index (χ0v) is 33.5. The molecule has 2 atom stereocenters. The molecule has 4 amide bonds. The monoisotopic (exact) mass is 759 g/mol. The summed E-state index contributed by atoms with van der Waals surface area (Å²) in [6.45, 7) is 9.54. The van der Waals surface area contributed by atoms with Crippen molar-refractivity contribution in [2.24, 2.45) is 5.41 Å². The van der Waals surface area contributed by atoms with Crippen LogP contribution in [0.3, 0.4) is 0 Å². The maximum atomic E-state index is 14.6. The van der Waals surface area contributed by atoms with Crippen LogP contribution in [0, 0.1) is 5.41 Å². The van der Waals surface area contributed by atoms with Crippen molar-refractivity contribution < 1.29 is 24.3 Å². The highest BCUT2D eigenvalue weighted by Crippen LogP contribution is 2.30. The first-order chi connectivity index (χ1) is 26.9. The number of carbonyl (C=O) groups is 4. The Bertz CT molecular complexity index is 1940. The zero-order valence-electron chi connectivity index (χ0n) is 33.5. The largest absolute Gasteiger partial charge is 0.465 e. The quantitative estimate of drug-likeness (QED) is 0.0822. The van der Waals surface area contributed by atoms with Gasteiger partial charge in [-0.2, -0.15) is 0 Å². The van der Waals surface area contributed by atoms with Gasteiger partial charge in [-0.1, -0.05) is 132 Å². The molecule has 4 aromatic carbocycles. The molecule has 0 radical (unpaired) electrons. The first-order valence-corrected chi connectivity index (χ1v) is 19.8. The highest BCUT2D eigenvalue weighted by molar-refractivity contribution is 6.12. The van der Waals surface area contributed by atoms with E-state index in [1.807, 2.05) is 106 Å². The molecule has 5 rings (SSSR count). The molecule has 56 heavy (non-hydrogen) atoms. The molecule has 10 nitrogen and oxygen atoms in total. The number of piperazine rings is 1. The third-order valence-corrected chi connectivity index (χ3v) is 10.6. The van der Waals surface area contributed by atoms with Crippen molar-refractivity contribution >= 4 is 35.2 Å². The second-order valence-electron chi connectivity index (χ2n) is 15.7. The highest BCUT2D eigenvalue weighted by atomic mass is 16.4. The van der Waals surface area contributed by atoms with Gasteiger partial charge in [-0.15, -0.1) is 0 Å². The Morgan fingerprint density at radius 2 is 1.52 bits per heavy atom. The van der Waals surface area contributed by atoms with Crippen molar-refractivity contribution in [2.75, 3.05) is 43.4 Å². The summed E-state index contributed by atoms with van der Waals surface area (Å²) >= 11 is 0. The zero-order chi connectivity index (χ0) is 40.2. The number of hydrogen-bond donors (Lipinski definition) is 3. The first-order valence-electron chi connectivity index (χ1n) is 19.8. The molecule has 3 N–H and O–H groups in total. The molecule has 1 fully saturated rings. The van der Waals surface area contributed by atoms with Crippen molar-refractivity contribution in [3.8, 4) is 11.1 Å². The second-order valence-corrected chi connectivity index (χ2v) is 15.7. The Hall–Kier alpha value is -5.64. The number of carboxylic acid groups (broad SMARTS) is 1. The molecule has 0 aliphatic carbocycles. The molecule has 1 unspecified atom stereocenters. The van der Waals surface area contributed by atoms with E-state index in [1.165, 1.54) is 24.2 Å². The van der Waals surface area contributed by atoms with Gasteiger partial charge in [0.05, 0.1) is 6.04 Å². The number of ketones is 1. The van der Waals surface area contributed by atoms with Gasteiger partial charge in [0.2, 0.25) is 5.91 Å². The van der Waals surface area contributed by atoms with E-state index in [0.717, 1.165) is 35.2 Å². The maximum absolute atomic E-state index is 14.6. The lowest BCUT2D eigenvalue weighted by Gasteiger charge is -2.46. The Labute approximate surface area is 331 Å². The lowest BCUT2D eigenvalue weighted by Crippen LogP contribution is -2.62. The van der Waals surface area contributed by atoms with E-state index in [2.05, 4.69) is 17.6 Å². The first kappa shape index (κ1) is 41.5. The minimum absolute atomic E-state index is 0.138. The van der Waals surface area contributed by atoms with Crippen LogP contribution in [0.15, 0.2) is 103 Å². The molecule has 1 heterocycles. The van der Waals surface area contributed by atoms with Crippen molar-refractivity contribution in [3.05, 3.63) is 120 Å². The Morgan fingerprint density at radius 1 is 0.821 bits per heavy atom. The van der Waals surface area contributed by atoms with Gasteiger partial charge < -0.3 is 25.5 Å². The molecule has 1 aliphatic heterocycles. The highest BCUT2D eigenvalue weighted by Gasteiger charge is 2.40. The molecule has 0 aromatic heterocycles. The maximum Gasteiger partial charge on any atom is 0.407 e. The molecule has 10 heteroatoms. The number of nitrogens with zero attached hydrogens (tertiary/aromatic N) is 3. The lowest BCUT2D eigenvalue weighted by atomic mass is 9.84. The summed E-state index contributed by atoms with van der Waals surface area (Å²) in [5.41, 5.74) is 4.78. The minimum atomic E-state index is -0.992. The van der Waals surface area contributed by atoms with Crippen LogP contribution in [-0.2, 0) is 11.2 Å². The smallest absolute Gasteiger partial charge is 0.407 e. The molecular formula is C46H57N5O5. The summed E-state index contributed by atoms with van der Waals surface area (Å²) in [4.78, 5) is 58.1. The fourth-order valence-corrected chi connectivity index (χ4v) is 7.24.